The van der Waals surface area contributed by atoms with Crippen LogP contribution in [0.15, 0.2) is 18.2 Å². The number of phenolic OH excluding ortho intramolecular Hbond substituents is 1. The van der Waals surface area contributed by atoms with Crippen molar-refractivity contribution in [2.75, 3.05) is 6.54 Å². The molecule has 2 nitrogen and oxygen atoms in total. The summed E-state index contributed by atoms with van der Waals surface area (Å²) in [6.07, 6.45) is 0.969. The summed E-state index contributed by atoms with van der Waals surface area (Å²) in [5, 5.41) is 12.2. The van der Waals surface area contributed by atoms with Gasteiger partial charge in [0.15, 0.2) is 0 Å². The summed E-state index contributed by atoms with van der Waals surface area (Å²) in [5.74, 6) is 0.340. The second-order valence-electron chi connectivity index (χ2n) is 2.64. The minimum atomic E-state index is 0.340. The van der Waals surface area contributed by atoms with Crippen LogP contribution in [0.4, 0.5) is 0 Å². The SMILES string of the molecule is Oc1ccc2c(c1)CCN[C]2. The normalized spacial score (nSPS) is 16.0. The first kappa shape index (κ1) is 6.68. The maximum absolute atomic E-state index is 9.14. The molecule has 1 aliphatic rings. The second kappa shape index (κ2) is 2.55. The zero-order chi connectivity index (χ0) is 7.68. The molecular weight excluding hydrogens is 138 g/mol. The highest BCUT2D eigenvalue weighted by molar-refractivity contribution is 5.40. The van der Waals surface area contributed by atoms with E-state index in [0.717, 1.165) is 18.5 Å². The van der Waals surface area contributed by atoms with Gasteiger partial charge in [-0.05, 0) is 29.7 Å². The smallest absolute Gasteiger partial charge is 0.115 e. The maximum Gasteiger partial charge on any atom is 0.115 e. The van der Waals surface area contributed by atoms with Crippen LogP contribution in [0.5, 0.6) is 5.75 Å². The van der Waals surface area contributed by atoms with Gasteiger partial charge in [0.05, 0.1) is 6.54 Å². The van der Waals surface area contributed by atoms with Gasteiger partial charge in [0.1, 0.15) is 5.75 Å². The van der Waals surface area contributed by atoms with Crippen molar-refractivity contribution < 1.29 is 5.11 Å². The molecule has 0 saturated carbocycles. The number of nitrogens with one attached hydrogen (secondary N) is 1. The lowest BCUT2D eigenvalue weighted by Crippen LogP contribution is -2.21. The number of hydrogen-bond donors (Lipinski definition) is 2. The van der Waals surface area contributed by atoms with Gasteiger partial charge in [0.2, 0.25) is 0 Å². The zero-order valence-electron chi connectivity index (χ0n) is 6.09. The van der Waals surface area contributed by atoms with Crippen LogP contribution >= 0.6 is 0 Å². The van der Waals surface area contributed by atoms with Crippen molar-refractivity contribution in [3.8, 4) is 5.75 Å². The number of aromatic hydroxyl groups is 1. The third kappa shape index (κ3) is 1.21. The molecule has 1 aliphatic heterocycles. The summed E-state index contributed by atoms with van der Waals surface area (Å²) in [7, 11) is 0. The molecule has 2 heteroatoms. The molecule has 1 aromatic rings. The fourth-order valence-corrected chi connectivity index (χ4v) is 1.26. The number of rotatable bonds is 0. The Morgan fingerprint density at radius 3 is 3.27 bits per heavy atom. The Morgan fingerprint density at radius 2 is 2.36 bits per heavy atom. The number of benzene rings is 1. The van der Waals surface area contributed by atoms with E-state index >= 15 is 0 Å². The Bertz CT molecular complexity index is 270. The Morgan fingerprint density at radius 1 is 1.45 bits per heavy atom. The van der Waals surface area contributed by atoms with Crippen molar-refractivity contribution in [1.82, 2.24) is 5.32 Å². The molecular formula is C9H9NO. The average molecular weight is 147 g/mol. The van der Waals surface area contributed by atoms with E-state index < -0.39 is 0 Å². The molecule has 0 aromatic heterocycles. The van der Waals surface area contributed by atoms with Gasteiger partial charge in [-0.3, -0.25) is 0 Å². The molecule has 2 N–H and O–H groups in total. The molecule has 0 aliphatic carbocycles. The topological polar surface area (TPSA) is 32.3 Å². The van der Waals surface area contributed by atoms with Crippen molar-refractivity contribution in [2.24, 2.45) is 0 Å². The van der Waals surface area contributed by atoms with Gasteiger partial charge in [-0.2, -0.15) is 0 Å². The standard InChI is InChI=1S/C9H9NO/c11-9-2-1-8-6-10-4-3-7(8)5-9/h1-2,5,10-11H,3-4H2. The lowest BCUT2D eigenvalue weighted by atomic mass is 10.0. The highest BCUT2D eigenvalue weighted by Crippen LogP contribution is 2.19. The predicted molar refractivity (Wildman–Crippen MR) is 42.2 cm³/mol. The minimum absolute atomic E-state index is 0.340. The van der Waals surface area contributed by atoms with Crippen molar-refractivity contribution in [1.29, 1.82) is 0 Å². The summed E-state index contributed by atoms with van der Waals surface area (Å²) in [6.45, 7) is 3.94. The van der Waals surface area contributed by atoms with Crippen molar-refractivity contribution in [2.45, 2.75) is 6.42 Å². The first-order valence-corrected chi connectivity index (χ1v) is 3.67. The van der Waals surface area contributed by atoms with Crippen LogP contribution in [0, 0.1) is 6.54 Å². The molecule has 1 heterocycles. The highest BCUT2D eigenvalue weighted by atomic mass is 16.3. The van der Waals surface area contributed by atoms with Crippen LogP contribution < -0.4 is 5.32 Å². The second-order valence-corrected chi connectivity index (χ2v) is 2.64. The molecule has 56 valence electrons. The summed E-state index contributed by atoms with van der Waals surface area (Å²) < 4.78 is 0. The van der Waals surface area contributed by atoms with Gasteiger partial charge >= 0.3 is 0 Å². The first-order valence-electron chi connectivity index (χ1n) is 3.67. The van der Waals surface area contributed by atoms with E-state index in [-0.39, 0.29) is 0 Å². The summed E-state index contributed by atoms with van der Waals surface area (Å²) in [6, 6.07) is 5.35. The van der Waals surface area contributed by atoms with Gasteiger partial charge < -0.3 is 10.4 Å². The lowest BCUT2D eigenvalue weighted by Gasteiger charge is -2.15. The Balaban J connectivity index is 2.43. The third-order valence-corrected chi connectivity index (χ3v) is 1.83. The third-order valence-electron chi connectivity index (χ3n) is 1.83. The molecule has 0 unspecified atom stereocenters. The van der Waals surface area contributed by atoms with Gasteiger partial charge in [0, 0.05) is 6.54 Å². The van der Waals surface area contributed by atoms with E-state index in [1.165, 1.54) is 5.56 Å². The Labute approximate surface area is 65.9 Å². The summed E-state index contributed by atoms with van der Waals surface area (Å²) in [4.78, 5) is 0. The molecule has 11 heavy (non-hydrogen) atoms. The highest BCUT2D eigenvalue weighted by Gasteiger charge is 2.08. The van der Waals surface area contributed by atoms with E-state index in [1.807, 2.05) is 6.07 Å². The van der Waals surface area contributed by atoms with Crippen molar-refractivity contribution in [3.63, 3.8) is 0 Å². The average Bonchev–Trinajstić information content (AvgIpc) is 2.04. The van der Waals surface area contributed by atoms with Crippen LogP contribution in [0.25, 0.3) is 0 Å². The van der Waals surface area contributed by atoms with Crippen LogP contribution in [-0.4, -0.2) is 11.7 Å². The first-order chi connectivity index (χ1) is 5.36. The van der Waals surface area contributed by atoms with Gasteiger partial charge in [-0.25, -0.2) is 0 Å². The fraction of sp³-hybridized carbons (Fsp3) is 0.222. The molecule has 0 bridgehead atoms. The molecule has 0 saturated heterocycles. The fourth-order valence-electron chi connectivity index (χ4n) is 1.26. The largest absolute Gasteiger partial charge is 0.508 e. The van der Waals surface area contributed by atoms with E-state index in [1.54, 1.807) is 12.1 Å². The summed E-state index contributed by atoms with van der Waals surface area (Å²) >= 11 is 0. The van der Waals surface area contributed by atoms with Gasteiger partial charge in [-0.15, -0.1) is 0 Å². The van der Waals surface area contributed by atoms with Crippen molar-refractivity contribution in [3.05, 3.63) is 35.9 Å². The van der Waals surface area contributed by atoms with Crippen molar-refractivity contribution >= 4 is 0 Å². The van der Waals surface area contributed by atoms with Gasteiger partial charge in [0.25, 0.3) is 0 Å². The van der Waals surface area contributed by atoms with E-state index in [9.17, 15) is 0 Å². The quantitative estimate of drug-likeness (QED) is 0.572. The predicted octanol–water partition coefficient (Wildman–Crippen LogP) is 0.925. The van der Waals surface area contributed by atoms with Crippen LogP contribution in [0.1, 0.15) is 11.1 Å². The molecule has 0 spiro atoms. The lowest BCUT2D eigenvalue weighted by molar-refractivity contribution is 0.474. The number of fused-ring (bicyclic) bond motifs is 1. The number of phenols is 1. The van der Waals surface area contributed by atoms with Crippen LogP contribution in [-0.2, 0) is 6.42 Å². The van der Waals surface area contributed by atoms with E-state index in [2.05, 4.69) is 11.9 Å². The molecule has 2 radical (unpaired) electrons. The minimum Gasteiger partial charge on any atom is -0.508 e. The van der Waals surface area contributed by atoms with Crippen LogP contribution in [0.3, 0.4) is 0 Å². The molecule has 0 amide bonds. The molecule has 1 aromatic carbocycles. The molecule has 2 rings (SSSR count). The molecule has 0 atom stereocenters. The van der Waals surface area contributed by atoms with Gasteiger partial charge in [-0.1, -0.05) is 6.07 Å². The van der Waals surface area contributed by atoms with Crippen LogP contribution in [0.2, 0.25) is 0 Å². The molecule has 0 fully saturated rings. The Hall–Kier alpha value is -1.02. The Kier molecular flexibility index (Phi) is 1.55. The van der Waals surface area contributed by atoms with E-state index in [0.29, 0.717) is 5.75 Å². The maximum atomic E-state index is 9.14. The van der Waals surface area contributed by atoms with E-state index in [4.69, 9.17) is 5.11 Å². The zero-order valence-corrected chi connectivity index (χ0v) is 6.09. The monoisotopic (exact) mass is 147 g/mol. The summed E-state index contributed by atoms with van der Waals surface area (Å²) in [5.41, 5.74) is 2.23. The number of hydrogen-bond acceptors (Lipinski definition) is 2.